The first kappa shape index (κ1) is 20.8. The number of nitrogens with zero attached hydrogens (tertiary/aromatic N) is 2. The van der Waals surface area contributed by atoms with Gasteiger partial charge in [0.15, 0.2) is 0 Å². The van der Waals surface area contributed by atoms with Gasteiger partial charge in [0.2, 0.25) is 0 Å². The molecule has 0 saturated heterocycles. The fourth-order valence-corrected chi connectivity index (χ4v) is 4.26. The van der Waals surface area contributed by atoms with Gasteiger partial charge in [0.25, 0.3) is 0 Å². The first-order valence-electron chi connectivity index (χ1n) is 10.5. The highest BCUT2D eigenvalue weighted by Crippen LogP contribution is 2.37. The third kappa shape index (κ3) is 3.82. The molecule has 0 bridgehead atoms. The van der Waals surface area contributed by atoms with E-state index in [4.69, 9.17) is 4.74 Å². The van der Waals surface area contributed by atoms with Crippen LogP contribution in [0.3, 0.4) is 0 Å². The van der Waals surface area contributed by atoms with E-state index in [2.05, 4.69) is 9.88 Å². The average molecular weight is 445 g/mol. The molecule has 7 heteroatoms. The van der Waals surface area contributed by atoms with Crippen molar-refractivity contribution in [3.05, 3.63) is 114 Å². The van der Waals surface area contributed by atoms with Crippen LogP contribution in [-0.4, -0.2) is 22.6 Å². The summed E-state index contributed by atoms with van der Waals surface area (Å²) in [4.78, 5) is 15.2. The Hall–Kier alpha value is -4.13. The number of hydrogen-bond donors (Lipinski definition) is 1. The van der Waals surface area contributed by atoms with Crippen molar-refractivity contribution < 1.29 is 18.3 Å². The number of urea groups is 1. The van der Waals surface area contributed by atoms with E-state index in [1.165, 1.54) is 0 Å². The maximum absolute atomic E-state index is 14.3. The number of nitrogens with one attached hydrogen (secondary N) is 1. The number of carbonyl (C=O) groups is 1. The highest BCUT2D eigenvalue weighted by molar-refractivity contribution is 5.90. The number of rotatable bonds is 3. The first-order valence-corrected chi connectivity index (χ1v) is 10.5. The molecule has 0 unspecified atom stereocenters. The number of para-hydroxylation sites is 1. The van der Waals surface area contributed by atoms with Crippen LogP contribution in [-0.2, 0) is 6.54 Å². The largest absolute Gasteiger partial charge is 0.497 e. The average Bonchev–Trinajstić information content (AvgIpc) is 3.26. The summed E-state index contributed by atoms with van der Waals surface area (Å²) >= 11 is 0. The van der Waals surface area contributed by atoms with Crippen LogP contribution in [0.15, 0.2) is 85.1 Å². The van der Waals surface area contributed by atoms with E-state index in [1.807, 2.05) is 66.9 Å². The molecule has 0 fully saturated rings. The van der Waals surface area contributed by atoms with Gasteiger partial charge in [-0.3, -0.25) is 0 Å². The van der Waals surface area contributed by atoms with E-state index < -0.39 is 23.7 Å². The number of amides is 2. The summed E-state index contributed by atoms with van der Waals surface area (Å²) in [7, 11) is 1.59. The van der Waals surface area contributed by atoms with Gasteiger partial charge in [-0.25, -0.2) is 13.6 Å². The number of ether oxygens (including phenoxy) is 1. The number of anilines is 1. The van der Waals surface area contributed by atoms with Gasteiger partial charge in [-0.1, -0.05) is 30.3 Å². The van der Waals surface area contributed by atoms with Gasteiger partial charge in [0.1, 0.15) is 17.4 Å². The number of benzene rings is 3. The quantitative estimate of drug-likeness (QED) is 0.427. The minimum Gasteiger partial charge on any atom is -0.497 e. The summed E-state index contributed by atoms with van der Waals surface area (Å²) in [6.07, 6.45) is 1.96. The molecular weight excluding hydrogens is 424 g/mol. The third-order valence-electron chi connectivity index (χ3n) is 5.83. The zero-order valence-corrected chi connectivity index (χ0v) is 17.8. The lowest BCUT2D eigenvalue weighted by atomic mass is 10.0. The van der Waals surface area contributed by atoms with Crippen LogP contribution in [0.2, 0.25) is 0 Å². The van der Waals surface area contributed by atoms with Crippen LogP contribution in [0, 0.1) is 11.6 Å². The van der Waals surface area contributed by atoms with Crippen molar-refractivity contribution >= 4 is 11.7 Å². The Morgan fingerprint density at radius 3 is 2.58 bits per heavy atom. The second-order valence-electron chi connectivity index (χ2n) is 7.79. The Balaban J connectivity index is 1.63. The summed E-state index contributed by atoms with van der Waals surface area (Å²) in [5, 5.41) is 2.56. The predicted molar refractivity (Wildman–Crippen MR) is 122 cm³/mol. The SMILES string of the molecule is COc1ccc([C@H]2c3cccn3-c3ccccc3CN2C(=O)Nc2cc(F)ccc2F)cc1. The number of methoxy groups -OCH3 is 1. The van der Waals surface area contributed by atoms with Crippen molar-refractivity contribution in [2.24, 2.45) is 0 Å². The summed E-state index contributed by atoms with van der Waals surface area (Å²) < 4.78 is 35.4. The van der Waals surface area contributed by atoms with Gasteiger partial charge < -0.3 is 19.5 Å². The van der Waals surface area contributed by atoms with Crippen LogP contribution in [0.5, 0.6) is 5.75 Å². The lowest BCUT2D eigenvalue weighted by Crippen LogP contribution is -2.38. The molecule has 4 aromatic rings. The molecule has 1 N–H and O–H groups in total. The lowest BCUT2D eigenvalue weighted by molar-refractivity contribution is 0.194. The Bertz CT molecular complexity index is 1320. The fraction of sp³-hybridized carbons (Fsp3) is 0.115. The summed E-state index contributed by atoms with van der Waals surface area (Å²) in [6.45, 7) is 0.275. The van der Waals surface area contributed by atoms with Crippen molar-refractivity contribution in [3.8, 4) is 11.4 Å². The highest BCUT2D eigenvalue weighted by atomic mass is 19.1. The van der Waals surface area contributed by atoms with Crippen LogP contribution < -0.4 is 10.1 Å². The summed E-state index contributed by atoms with van der Waals surface area (Å²) in [6, 6.07) is 21.2. The van der Waals surface area contributed by atoms with Gasteiger partial charge in [-0.05, 0) is 53.6 Å². The molecule has 1 aliphatic heterocycles. The molecule has 33 heavy (non-hydrogen) atoms. The van der Waals surface area contributed by atoms with Gasteiger partial charge in [-0.15, -0.1) is 0 Å². The van der Waals surface area contributed by atoms with Crippen molar-refractivity contribution in [1.29, 1.82) is 0 Å². The number of halogens is 2. The third-order valence-corrected chi connectivity index (χ3v) is 5.83. The standard InChI is InChI=1S/C26H21F2N3O2/c1-33-20-11-8-17(9-12-20)25-24-7-4-14-30(24)23-6-3-2-5-18(23)16-31(25)26(32)29-22-15-19(27)10-13-21(22)28/h2-15,25H,16H2,1H3,(H,29,32)/t25-/m0/s1. The molecule has 166 valence electrons. The van der Waals surface area contributed by atoms with E-state index >= 15 is 0 Å². The molecule has 2 amide bonds. The molecule has 1 aromatic heterocycles. The van der Waals surface area contributed by atoms with Crippen LogP contribution in [0.4, 0.5) is 19.3 Å². The number of carbonyl (C=O) groups excluding carboxylic acids is 1. The molecule has 5 rings (SSSR count). The predicted octanol–water partition coefficient (Wildman–Crippen LogP) is 5.90. The fourth-order valence-electron chi connectivity index (χ4n) is 4.26. The molecule has 0 spiro atoms. The smallest absolute Gasteiger partial charge is 0.323 e. The highest BCUT2D eigenvalue weighted by Gasteiger charge is 2.33. The van der Waals surface area contributed by atoms with Crippen molar-refractivity contribution in [1.82, 2.24) is 9.47 Å². The van der Waals surface area contributed by atoms with Gasteiger partial charge >= 0.3 is 6.03 Å². The van der Waals surface area contributed by atoms with Crippen LogP contribution >= 0.6 is 0 Å². The van der Waals surface area contributed by atoms with Crippen molar-refractivity contribution in [2.45, 2.75) is 12.6 Å². The molecule has 0 radical (unpaired) electrons. The van der Waals surface area contributed by atoms with E-state index in [0.717, 1.165) is 40.7 Å². The number of fused-ring (bicyclic) bond motifs is 3. The normalized spacial score (nSPS) is 14.8. The molecule has 3 aromatic carbocycles. The van der Waals surface area contributed by atoms with E-state index in [0.29, 0.717) is 5.75 Å². The molecule has 1 atom stereocenters. The monoisotopic (exact) mass is 445 g/mol. The molecule has 0 saturated carbocycles. The maximum Gasteiger partial charge on any atom is 0.323 e. The van der Waals surface area contributed by atoms with Gasteiger partial charge in [0, 0.05) is 18.0 Å². The summed E-state index contributed by atoms with van der Waals surface area (Å²) in [5.74, 6) is -0.637. The zero-order chi connectivity index (χ0) is 22.9. The Kier molecular flexibility index (Phi) is 5.30. The maximum atomic E-state index is 14.3. The molecule has 5 nitrogen and oxygen atoms in total. The zero-order valence-electron chi connectivity index (χ0n) is 17.8. The number of hydrogen-bond acceptors (Lipinski definition) is 2. The number of aromatic nitrogens is 1. The minimum absolute atomic E-state index is 0.207. The topological polar surface area (TPSA) is 46.5 Å². The van der Waals surface area contributed by atoms with E-state index in [9.17, 15) is 13.6 Å². The molecule has 1 aliphatic rings. The van der Waals surface area contributed by atoms with E-state index in [1.54, 1.807) is 12.0 Å². The first-order chi connectivity index (χ1) is 16.0. The lowest BCUT2D eigenvalue weighted by Gasteiger charge is -2.31. The Morgan fingerprint density at radius 1 is 1.00 bits per heavy atom. The van der Waals surface area contributed by atoms with E-state index in [-0.39, 0.29) is 12.2 Å². The Labute approximate surface area is 189 Å². The summed E-state index contributed by atoms with van der Waals surface area (Å²) in [5.41, 5.74) is 3.42. The Morgan fingerprint density at radius 2 is 1.79 bits per heavy atom. The van der Waals surface area contributed by atoms with Crippen LogP contribution in [0.25, 0.3) is 5.69 Å². The van der Waals surface area contributed by atoms with Crippen molar-refractivity contribution in [2.75, 3.05) is 12.4 Å². The van der Waals surface area contributed by atoms with Crippen LogP contribution in [0.1, 0.15) is 22.9 Å². The molecular formula is C26H21F2N3O2. The second-order valence-corrected chi connectivity index (χ2v) is 7.79. The van der Waals surface area contributed by atoms with Crippen molar-refractivity contribution in [3.63, 3.8) is 0 Å². The second kappa shape index (κ2) is 8.43. The van der Waals surface area contributed by atoms with Gasteiger partial charge in [-0.2, -0.15) is 0 Å². The minimum atomic E-state index is -0.704. The van der Waals surface area contributed by atoms with Gasteiger partial charge in [0.05, 0.1) is 31.1 Å². The molecule has 0 aliphatic carbocycles. The molecule has 2 heterocycles.